The fourth-order valence-corrected chi connectivity index (χ4v) is 1.94. The van der Waals surface area contributed by atoms with E-state index in [0.717, 1.165) is 12.8 Å². The maximum absolute atomic E-state index is 12.1. The van der Waals surface area contributed by atoms with Crippen LogP contribution >= 0.6 is 11.6 Å². The van der Waals surface area contributed by atoms with Crippen LogP contribution in [0.2, 0.25) is 5.15 Å². The minimum absolute atomic E-state index is 0.0631. The van der Waals surface area contributed by atoms with Crippen LogP contribution in [0, 0.1) is 0 Å². The molecule has 1 aromatic heterocycles. The van der Waals surface area contributed by atoms with Crippen molar-refractivity contribution in [1.82, 2.24) is 9.88 Å². The maximum atomic E-state index is 12.1. The van der Waals surface area contributed by atoms with Crippen molar-refractivity contribution >= 4 is 17.5 Å². The average Bonchev–Trinajstić information content (AvgIpc) is 2.30. The zero-order valence-corrected chi connectivity index (χ0v) is 10.7. The maximum Gasteiger partial charge on any atom is 0.256 e. The Labute approximate surface area is 101 Å². The van der Waals surface area contributed by atoms with Gasteiger partial charge < -0.3 is 4.90 Å². The highest BCUT2D eigenvalue weighted by molar-refractivity contribution is 6.32. The lowest BCUT2D eigenvalue weighted by molar-refractivity contribution is 0.0723. The molecule has 0 saturated heterocycles. The van der Waals surface area contributed by atoms with Crippen LogP contribution in [0.15, 0.2) is 18.3 Å². The first-order chi connectivity index (χ1) is 7.61. The summed E-state index contributed by atoms with van der Waals surface area (Å²) in [5.41, 5.74) is 0.471. The molecular formula is C12H17ClN2O. The van der Waals surface area contributed by atoms with Crippen LogP contribution in [0.3, 0.4) is 0 Å². The molecule has 0 bridgehead atoms. The molecule has 0 aliphatic heterocycles. The number of nitrogens with zero attached hydrogens (tertiary/aromatic N) is 2. The lowest BCUT2D eigenvalue weighted by Gasteiger charge is -2.26. The predicted molar refractivity (Wildman–Crippen MR) is 65.7 cm³/mol. The van der Waals surface area contributed by atoms with Gasteiger partial charge in [0.2, 0.25) is 0 Å². The Hall–Kier alpha value is -1.09. The van der Waals surface area contributed by atoms with E-state index in [9.17, 15) is 4.79 Å². The minimum atomic E-state index is -0.0631. The Morgan fingerprint density at radius 2 is 2.12 bits per heavy atom. The number of rotatable bonds is 4. The Morgan fingerprint density at radius 3 is 2.62 bits per heavy atom. The molecule has 0 unspecified atom stereocenters. The predicted octanol–water partition coefficient (Wildman–Crippen LogP) is 3.00. The summed E-state index contributed by atoms with van der Waals surface area (Å²) in [6, 6.07) is 3.68. The summed E-state index contributed by atoms with van der Waals surface area (Å²) in [5.74, 6) is -0.0631. The van der Waals surface area contributed by atoms with Gasteiger partial charge in [-0.05, 0) is 25.0 Å². The summed E-state index contributed by atoms with van der Waals surface area (Å²) < 4.78 is 0. The molecule has 4 heteroatoms. The third kappa shape index (κ3) is 2.73. The lowest BCUT2D eigenvalue weighted by Crippen LogP contribution is -2.36. The van der Waals surface area contributed by atoms with Crippen molar-refractivity contribution in [1.29, 1.82) is 0 Å². The Kier molecular flexibility index (Phi) is 4.74. The van der Waals surface area contributed by atoms with Crippen molar-refractivity contribution in [2.45, 2.75) is 32.7 Å². The number of amides is 1. The van der Waals surface area contributed by atoms with Gasteiger partial charge in [-0.25, -0.2) is 4.98 Å². The van der Waals surface area contributed by atoms with E-state index in [4.69, 9.17) is 11.6 Å². The largest absolute Gasteiger partial charge is 0.339 e. The summed E-state index contributed by atoms with van der Waals surface area (Å²) in [6.45, 7) is 4.14. The second-order valence-corrected chi connectivity index (χ2v) is 4.09. The van der Waals surface area contributed by atoms with E-state index in [1.165, 1.54) is 0 Å². The Morgan fingerprint density at radius 1 is 1.50 bits per heavy atom. The molecule has 16 heavy (non-hydrogen) atoms. The number of hydrogen-bond donors (Lipinski definition) is 0. The first kappa shape index (κ1) is 13.0. The van der Waals surface area contributed by atoms with Crippen LogP contribution in [0.25, 0.3) is 0 Å². The molecule has 0 N–H and O–H groups in total. The van der Waals surface area contributed by atoms with E-state index >= 15 is 0 Å². The van der Waals surface area contributed by atoms with Crippen LogP contribution in [-0.4, -0.2) is 28.9 Å². The third-order valence-corrected chi connectivity index (χ3v) is 3.10. The summed E-state index contributed by atoms with van der Waals surface area (Å²) in [7, 11) is 1.81. The van der Waals surface area contributed by atoms with Gasteiger partial charge in [-0.1, -0.05) is 25.4 Å². The van der Waals surface area contributed by atoms with Gasteiger partial charge >= 0.3 is 0 Å². The monoisotopic (exact) mass is 240 g/mol. The molecule has 1 heterocycles. The number of pyridine rings is 1. The summed E-state index contributed by atoms with van der Waals surface area (Å²) in [6.07, 6.45) is 3.46. The van der Waals surface area contributed by atoms with Gasteiger partial charge in [0.05, 0.1) is 5.56 Å². The molecule has 0 aliphatic rings. The van der Waals surface area contributed by atoms with Gasteiger partial charge in [0.1, 0.15) is 5.15 Å². The Bertz CT molecular complexity index is 364. The van der Waals surface area contributed by atoms with E-state index in [1.807, 2.05) is 7.05 Å². The normalized spacial score (nSPS) is 10.6. The molecule has 1 rings (SSSR count). The molecule has 88 valence electrons. The molecule has 3 nitrogen and oxygen atoms in total. The van der Waals surface area contributed by atoms with Crippen molar-refractivity contribution in [2.75, 3.05) is 7.05 Å². The van der Waals surface area contributed by atoms with E-state index < -0.39 is 0 Å². The van der Waals surface area contributed by atoms with Crippen molar-refractivity contribution in [3.8, 4) is 0 Å². The van der Waals surface area contributed by atoms with Gasteiger partial charge in [0, 0.05) is 19.3 Å². The second kappa shape index (κ2) is 5.85. The topological polar surface area (TPSA) is 33.2 Å². The molecule has 0 spiro atoms. The summed E-state index contributed by atoms with van der Waals surface area (Å²) in [5, 5.41) is 0.269. The van der Waals surface area contributed by atoms with Crippen LogP contribution < -0.4 is 0 Å². The molecular weight excluding hydrogens is 224 g/mol. The van der Waals surface area contributed by atoms with Gasteiger partial charge in [-0.3, -0.25) is 4.79 Å². The van der Waals surface area contributed by atoms with Gasteiger partial charge in [-0.2, -0.15) is 0 Å². The average molecular weight is 241 g/mol. The molecule has 0 fully saturated rings. The standard InChI is InChI=1S/C12H17ClN2O/c1-4-9(5-2)15(3)12(16)10-7-6-8-14-11(10)13/h6-9H,4-5H2,1-3H3. The highest BCUT2D eigenvalue weighted by Crippen LogP contribution is 2.16. The van der Waals surface area contributed by atoms with Crippen molar-refractivity contribution in [2.24, 2.45) is 0 Å². The van der Waals surface area contributed by atoms with E-state index in [-0.39, 0.29) is 17.1 Å². The smallest absolute Gasteiger partial charge is 0.256 e. The molecule has 0 radical (unpaired) electrons. The molecule has 0 saturated carbocycles. The SMILES string of the molecule is CCC(CC)N(C)C(=O)c1cccnc1Cl. The third-order valence-electron chi connectivity index (χ3n) is 2.80. The zero-order chi connectivity index (χ0) is 12.1. The van der Waals surface area contributed by atoms with E-state index in [1.54, 1.807) is 23.2 Å². The van der Waals surface area contributed by atoms with Gasteiger partial charge in [-0.15, -0.1) is 0 Å². The molecule has 0 aliphatic carbocycles. The fraction of sp³-hybridized carbons (Fsp3) is 0.500. The fourth-order valence-electron chi connectivity index (χ4n) is 1.74. The van der Waals surface area contributed by atoms with Crippen LogP contribution in [-0.2, 0) is 0 Å². The number of carbonyl (C=O) groups is 1. The van der Waals surface area contributed by atoms with E-state index in [2.05, 4.69) is 18.8 Å². The number of carbonyl (C=O) groups excluding carboxylic acids is 1. The first-order valence-electron chi connectivity index (χ1n) is 5.49. The quantitative estimate of drug-likeness (QED) is 0.758. The van der Waals surface area contributed by atoms with Crippen molar-refractivity contribution in [3.63, 3.8) is 0 Å². The highest BCUT2D eigenvalue weighted by atomic mass is 35.5. The Balaban J connectivity index is 2.90. The minimum Gasteiger partial charge on any atom is -0.339 e. The number of aromatic nitrogens is 1. The van der Waals surface area contributed by atoms with Crippen molar-refractivity contribution in [3.05, 3.63) is 29.0 Å². The van der Waals surface area contributed by atoms with Crippen LogP contribution in [0.5, 0.6) is 0 Å². The number of hydrogen-bond acceptors (Lipinski definition) is 2. The van der Waals surface area contributed by atoms with Gasteiger partial charge in [0.25, 0.3) is 5.91 Å². The van der Waals surface area contributed by atoms with Crippen LogP contribution in [0.1, 0.15) is 37.0 Å². The molecule has 0 atom stereocenters. The number of halogens is 1. The van der Waals surface area contributed by atoms with Gasteiger partial charge in [0.15, 0.2) is 0 Å². The highest BCUT2D eigenvalue weighted by Gasteiger charge is 2.20. The summed E-state index contributed by atoms with van der Waals surface area (Å²) >= 11 is 5.90. The first-order valence-corrected chi connectivity index (χ1v) is 5.87. The molecule has 1 aromatic rings. The van der Waals surface area contributed by atoms with E-state index in [0.29, 0.717) is 5.56 Å². The molecule has 1 amide bonds. The van der Waals surface area contributed by atoms with Crippen molar-refractivity contribution < 1.29 is 4.79 Å². The second-order valence-electron chi connectivity index (χ2n) is 3.73. The van der Waals surface area contributed by atoms with Crippen LogP contribution in [0.4, 0.5) is 0 Å². The molecule has 0 aromatic carbocycles. The summed E-state index contributed by atoms with van der Waals surface area (Å²) in [4.78, 5) is 17.8. The lowest BCUT2D eigenvalue weighted by atomic mass is 10.1. The zero-order valence-electron chi connectivity index (χ0n) is 9.90.